The van der Waals surface area contributed by atoms with E-state index >= 15 is 0 Å². The number of rotatable bonds is 10. The second-order valence-corrected chi connectivity index (χ2v) is 9.56. The third-order valence-corrected chi connectivity index (χ3v) is 5.65. The van der Waals surface area contributed by atoms with Crippen LogP contribution in [-0.4, -0.2) is 45.8 Å². The molecule has 1 heterocycles. The highest BCUT2D eigenvalue weighted by atomic mass is 19.4. The number of nitrogens with zero attached hydrogens (tertiary/aromatic N) is 3. The van der Waals surface area contributed by atoms with E-state index in [0.29, 0.717) is 25.2 Å². The molecule has 0 radical (unpaired) electrons. The van der Waals surface area contributed by atoms with Gasteiger partial charge >= 0.3 is 6.18 Å². The summed E-state index contributed by atoms with van der Waals surface area (Å²) in [5.74, 6) is -0.216. The molecule has 2 rings (SSSR count). The van der Waals surface area contributed by atoms with Crippen LogP contribution in [0.1, 0.15) is 64.3 Å². The third-order valence-electron chi connectivity index (χ3n) is 5.65. The summed E-state index contributed by atoms with van der Waals surface area (Å²) in [6, 6.07) is 8.98. The molecule has 8 heteroatoms. The molecule has 1 aromatic carbocycles. The molecule has 0 bridgehead atoms. The summed E-state index contributed by atoms with van der Waals surface area (Å²) in [5, 5.41) is 0. The lowest BCUT2D eigenvalue weighted by Gasteiger charge is -2.31. The van der Waals surface area contributed by atoms with E-state index in [2.05, 4.69) is 0 Å². The van der Waals surface area contributed by atoms with Crippen molar-refractivity contribution in [2.45, 2.75) is 66.7 Å². The second kappa shape index (κ2) is 11.6. The summed E-state index contributed by atoms with van der Waals surface area (Å²) in [6.07, 6.45) is -0.860. The topological polar surface area (TPSA) is 45.6 Å². The van der Waals surface area contributed by atoms with E-state index < -0.39 is 17.2 Å². The van der Waals surface area contributed by atoms with Gasteiger partial charge in [-0.1, -0.05) is 46.2 Å². The zero-order valence-corrected chi connectivity index (χ0v) is 20.8. The van der Waals surface area contributed by atoms with Crippen molar-refractivity contribution >= 4 is 11.8 Å². The molecule has 188 valence electrons. The molecule has 2 amide bonds. The Kier molecular flexibility index (Phi) is 9.36. The molecular weight excluding hydrogens is 443 g/mol. The summed E-state index contributed by atoms with van der Waals surface area (Å²) in [5.41, 5.74) is 0.102. The Bertz CT molecular complexity index is 961. The Labute approximate surface area is 200 Å². The Morgan fingerprint density at radius 1 is 1.00 bits per heavy atom. The standard InChI is InChI=1S/C26H36F3N3O2/c1-6-8-14-32(23(33)19-30(7-2)24(34)25(3,4)5)18-22-13-10-15-31(22)17-20-11-9-12-21(16-20)26(27,28)29/h9-13,15-16H,6-8,14,17-19H2,1-5H3. The van der Waals surface area contributed by atoms with Gasteiger partial charge in [0.2, 0.25) is 11.8 Å². The molecule has 34 heavy (non-hydrogen) atoms. The largest absolute Gasteiger partial charge is 0.416 e. The molecule has 5 nitrogen and oxygen atoms in total. The van der Waals surface area contributed by atoms with Crippen LogP contribution in [0.5, 0.6) is 0 Å². The van der Waals surface area contributed by atoms with Gasteiger partial charge in [0.05, 0.1) is 18.7 Å². The zero-order chi connectivity index (χ0) is 25.5. The molecule has 1 aromatic heterocycles. The number of aromatic nitrogens is 1. The number of likely N-dealkylation sites (N-methyl/N-ethyl adjacent to an activating group) is 1. The number of carbonyl (C=O) groups excluding carboxylic acids is 2. The maximum Gasteiger partial charge on any atom is 0.416 e. The van der Waals surface area contributed by atoms with Gasteiger partial charge in [0.25, 0.3) is 0 Å². The zero-order valence-electron chi connectivity index (χ0n) is 20.8. The highest BCUT2D eigenvalue weighted by Crippen LogP contribution is 2.29. The van der Waals surface area contributed by atoms with Gasteiger partial charge in [-0.3, -0.25) is 9.59 Å². The molecular formula is C26H36F3N3O2. The van der Waals surface area contributed by atoms with Crippen molar-refractivity contribution in [1.82, 2.24) is 14.4 Å². The second-order valence-electron chi connectivity index (χ2n) is 9.56. The maximum atomic E-state index is 13.2. The van der Waals surface area contributed by atoms with Crippen LogP contribution in [0.2, 0.25) is 0 Å². The lowest BCUT2D eigenvalue weighted by molar-refractivity contribution is -0.145. The van der Waals surface area contributed by atoms with E-state index in [-0.39, 0.29) is 24.9 Å². The van der Waals surface area contributed by atoms with E-state index in [1.54, 1.807) is 22.1 Å². The van der Waals surface area contributed by atoms with Crippen molar-refractivity contribution in [1.29, 1.82) is 0 Å². The predicted molar refractivity (Wildman–Crippen MR) is 127 cm³/mol. The number of hydrogen-bond donors (Lipinski definition) is 0. The van der Waals surface area contributed by atoms with E-state index in [9.17, 15) is 22.8 Å². The molecule has 0 aliphatic heterocycles. The molecule has 0 atom stereocenters. The Morgan fingerprint density at radius 2 is 1.71 bits per heavy atom. The number of amides is 2. The first kappa shape index (κ1) is 27.5. The molecule has 0 fully saturated rings. The minimum Gasteiger partial charge on any atom is -0.345 e. The highest BCUT2D eigenvalue weighted by molar-refractivity contribution is 5.87. The SMILES string of the molecule is CCCCN(Cc1cccn1Cc1cccc(C(F)(F)F)c1)C(=O)CN(CC)C(=O)C(C)(C)C. The molecule has 0 saturated carbocycles. The molecule has 2 aromatic rings. The van der Waals surface area contributed by atoms with Crippen LogP contribution >= 0.6 is 0 Å². The number of benzene rings is 1. The first-order valence-corrected chi connectivity index (χ1v) is 11.7. The van der Waals surface area contributed by atoms with Gasteiger partial charge in [-0.05, 0) is 43.2 Å². The van der Waals surface area contributed by atoms with Crippen LogP contribution < -0.4 is 0 Å². The van der Waals surface area contributed by atoms with E-state index in [4.69, 9.17) is 0 Å². The average molecular weight is 480 g/mol. The van der Waals surface area contributed by atoms with E-state index in [1.165, 1.54) is 6.07 Å². The summed E-state index contributed by atoms with van der Waals surface area (Å²) in [4.78, 5) is 29.2. The average Bonchev–Trinajstić information content (AvgIpc) is 3.19. The molecule has 0 saturated heterocycles. The van der Waals surface area contributed by atoms with Gasteiger partial charge in [-0.2, -0.15) is 13.2 Å². The molecule has 0 aliphatic carbocycles. The minimum atomic E-state index is -4.39. The maximum absolute atomic E-state index is 13.2. The lowest BCUT2D eigenvalue weighted by atomic mass is 9.94. The summed E-state index contributed by atoms with van der Waals surface area (Å²) >= 11 is 0. The first-order valence-electron chi connectivity index (χ1n) is 11.7. The van der Waals surface area contributed by atoms with E-state index in [0.717, 1.165) is 30.7 Å². The Morgan fingerprint density at radius 3 is 2.29 bits per heavy atom. The summed E-state index contributed by atoms with van der Waals surface area (Å²) < 4.78 is 41.1. The first-order chi connectivity index (χ1) is 15.9. The predicted octanol–water partition coefficient (Wildman–Crippen LogP) is 5.58. The van der Waals surface area contributed by atoms with Crippen molar-refractivity contribution < 1.29 is 22.8 Å². The number of halogens is 3. The fraction of sp³-hybridized carbons (Fsp3) is 0.538. The quantitative estimate of drug-likeness (QED) is 0.447. The number of hydrogen-bond acceptors (Lipinski definition) is 2. The molecule has 0 aliphatic rings. The van der Waals surface area contributed by atoms with Crippen molar-refractivity contribution in [2.75, 3.05) is 19.6 Å². The van der Waals surface area contributed by atoms with Gasteiger partial charge in [0.1, 0.15) is 0 Å². The fourth-order valence-electron chi connectivity index (χ4n) is 3.69. The lowest BCUT2D eigenvalue weighted by Crippen LogP contribution is -2.46. The van der Waals surface area contributed by atoms with Crippen LogP contribution in [0.4, 0.5) is 13.2 Å². The molecule has 0 spiro atoms. The van der Waals surface area contributed by atoms with Gasteiger partial charge in [-0.25, -0.2) is 0 Å². The molecule has 0 unspecified atom stereocenters. The van der Waals surface area contributed by atoms with E-state index in [1.807, 2.05) is 51.3 Å². The van der Waals surface area contributed by atoms with Crippen molar-refractivity contribution in [2.24, 2.45) is 5.41 Å². The summed E-state index contributed by atoms with van der Waals surface area (Å²) in [7, 11) is 0. The number of alkyl halides is 3. The van der Waals surface area contributed by atoms with Gasteiger partial charge in [0.15, 0.2) is 0 Å². The normalized spacial score (nSPS) is 12.0. The van der Waals surface area contributed by atoms with Crippen molar-refractivity contribution in [3.8, 4) is 0 Å². The van der Waals surface area contributed by atoms with Crippen LogP contribution in [0.3, 0.4) is 0 Å². The monoisotopic (exact) mass is 479 g/mol. The van der Waals surface area contributed by atoms with Crippen LogP contribution in [0.25, 0.3) is 0 Å². The smallest absolute Gasteiger partial charge is 0.345 e. The Balaban J connectivity index is 2.19. The van der Waals surface area contributed by atoms with Gasteiger partial charge in [-0.15, -0.1) is 0 Å². The Hall–Kier alpha value is -2.77. The van der Waals surface area contributed by atoms with Crippen LogP contribution in [-0.2, 0) is 28.9 Å². The number of carbonyl (C=O) groups is 2. The minimum absolute atomic E-state index is 0.00462. The van der Waals surface area contributed by atoms with Crippen molar-refractivity contribution in [3.05, 3.63) is 59.4 Å². The summed E-state index contributed by atoms with van der Waals surface area (Å²) in [6.45, 7) is 11.0. The van der Waals surface area contributed by atoms with Crippen LogP contribution in [0, 0.1) is 5.41 Å². The fourth-order valence-corrected chi connectivity index (χ4v) is 3.69. The number of unbranched alkanes of at least 4 members (excludes halogenated alkanes) is 1. The van der Waals surface area contributed by atoms with Crippen LogP contribution in [0.15, 0.2) is 42.6 Å². The van der Waals surface area contributed by atoms with Gasteiger partial charge < -0.3 is 14.4 Å². The van der Waals surface area contributed by atoms with Crippen molar-refractivity contribution in [3.63, 3.8) is 0 Å². The highest BCUT2D eigenvalue weighted by Gasteiger charge is 2.31. The van der Waals surface area contributed by atoms with Gasteiger partial charge in [0, 0.05) is 36.9 Å². The third kappa shape index (κ3) is 7.64. The molecule has 0 N–H and O–H groups in total.